The minimum Gasteiger partial charge on any atom is -0.507 e. The standard InChI is InChI=1S/C12H13NO5/c1-2-11(15)13-5-6-18-8-3-4-9(12(16)17)10(14)7-8/h2-4,7,14H,1,5-6H2,(H,13,15)(H,16,17). The first-order valence-corrected chi connectivity index (χ1v) is 5.14. The third-order valence-corrected chi connectivity index (χ3v) is 2.06. The fraction of sp³-hybridized carbons (Fsp3) is 0.167. The largest absolute Gasteiger partial charge is 0.507 e. The van der Waals surface area contributed by atoms with Gasteiger partial charge in [-0.05, 0) is 18.2 Å². The quantitative estimate of drug-likeness (QED) is 0.512. The molecule has 1 aromatic carbocycles. The minimum atomic E-state index is -1.21. The number of benzene rings is 1. The van der Waals surface area contributed by atoms with Crippen LogP contribution >= 0.6 is 0 Å². The highest BCUT2D eigenvalue weighted by atomic mass is 16.5. The molecule has 0 heterocycles. The summed E-state index contributed by atoms with van der Waals surface area (Å²) in [4.78, 5) is 21.5. The minimum absolute atomic E-state index is 0.192. The second-order valence-corrected chi connectivity index (χ2v) is 3.33. The van der Waals surface area contributed by atoms with Gasteiger partial charge < -0.3 is 20.3 Å². The van der Waals surface area contributed by atoms with Crippen LogP contribution in [-0.4, -0.2) is 35.2 Å². The number of hydrogen-bond donors (Lipinski definition) is 3. The Morgan fingerprint density at radius 3 is 2.72 bits per heavy atom. The van der Waals surface area contributed by atoms with Crippen LogP contribution in [0.4, 0.5) is 0 Å². The Balaban J connectivity index is 2.49. The van der Waals surface area contributed by atoms with Gasteiger partial charge in [0, 0.05) is 6.07 Å². The number of nitrogens with one attached hydrogen (secondary N) is 1. The van der Waals surface area contributed by atoms with Crippen LogP contribution in [0.15, 0.2) is 30.9 Å². The first-order chi connectivity index (χ1) is 8.54. The van der Waals surface area contributed by atoms with Crippen LogP contribution in [-0.2, 0) is 4.79 Å². The molecule has 3 N–H and O–H groups in total. The van der Waals surface area contributed by atoms with Crippen LogP contribution in [0.3, 0.4) is 0 Å². The Bertz CT molecular complexity index is 470. The van der Waals surface area contributed by atoms with E-state index in [4.69, 9.17) is 9.84 Å². The number of phenols is 1. The zero-order valence-electron chi connectivity index (χ0n) is 9.55. The maximum absolute atomic E-state index is 10.8. The highest BCUT2D eigenvalue weighted by Crippen LogP contribution is 2.23. The molecule has 0 bridgehead atoms. The number of carboxylic acid groups (broad SMARTS) is 1. The molecular weight excluding hydrogens is 238 g/mol. The van der Waals surface area contributed by atoms with E-state index in [0.29, 0.717) is 5.75 Å². The van der Waals surface area contributed by atoms with Gasteiger partial charge in [-0.15, -0.1) is 0 Å². The highest BCUT2D eigenvalue weighted by Gasteiger charge is 2.09. The van der Waals surface area contributed by atoms with E-state index in [1.807, 2.05) is 0 Å². The van der Waals surface area contributed by atoms with Gasteiger partial charge in [-0.1, -0.05) is 6.58 Å². The molecule has 0 atom stereocenters. The predicted molar refractivity (Wildman–Crippen MR) is 63.8 cm³/mol. The molecule has 6 nitrogen and oxygen atoms in total. The van der Waals surface area contributed by atoms with Crippen LogP contribution in [0.2, 0.25) is 0 Å². The van der Waals surface area contributed by atoms with E-state index in [-0.39, 0.29) is 30.4 Å². The Morgan fingerprint density at radius 1 is 1.44 bits per heavy atom. The lowest BCUT2D eigenvalue weighted by Gasteiger charge is -2.07. The molecule has 0 aliphatic carbocycles. The number of carboxylic acids is 1. The number of ether oxygens (including phenoxy) is 1. The number of rotatable bonds is 6. The van der Waals surface area contributed by atoms with E-state index >= 15 is 0 Å². The number of amides is 1. The SMILES string of the molecule is C=CC(=O)NCCOc1ccc(C(=O)O)c(O)c1. The molecule has 0 saturated carbocycles. The molecule has 0 unspecified atom stereocenters. The van der Waals surface area contributed by atoms with E-state index in [0.717, 1.165) is 6.08 Å². The lowest BCUT2D eigenvalue weighted by Crippen LogP contribution is -2.26. The molecule has 1 aromatic rings. The average molecular weight is 251 g/mol. The first kappa shape index (κ1) is 13.6. The number of aromatic carboxylic acids is 1. The van der Waals surface area contributed by atoms with Gasteiger partial charge in [0.15, 0.2) is 0 Å². The summed E-state index contributed by atoms with van der Waals surface area (Å²) in [5, 5.41) is 20.6. The number of hydrogen-bond acceptors (Lipinski definition) is 4. The first-order valence-electron chi connectivity index (χ1n) is 5.14. The fourth-order valence-electron chi connectivity index (χ4n) is 1.20. The molecule has 1 amide bonds. The third-order valence-electron chi connectivity index (χ3n) is 2.06. The summed E-state index contributed by atoms with van der Waals surface area (Å²) >= 11 is 0. The molecule has 0 aliphatic heterocycles. The summed E-state index contributed by atoms with van der Waals surface area (Å²) in [6.07, 6.45) is 1.15. The van der Waals surface area contributed by atoms with Crippen molar-refractivity contribution in [1.82, 2.24) is 5.32 Å². The molecule has 6 heteroatoms. The highest BCUT2D eigenvalue weighted by molar-refractivity contribution is 5.90. The van der Waals surface area contributed by atoms with E-state index in [9.17, 15) is 14.7 Å². The van der Waals surface area contributed by atoms with Crippen molar-refractivity contribution in [2.75, 3.05) is 13.2 Å². The Morgan fingerprint density at radius 2 is 2.17 bits per heavy atom. The predicted octanol–water partition coefficient (Wildman–Crippen LogP) is 0.771. The van der Waals surface area contributed by atoms with Crippen LogP contribution in [0, 0.1) is 0 Å². The van der Waals surface area contributed by atoms with Gasteiger partial charge in [-0.25, -0.2) is 4.79 Å². The molecule has 0 saturated heterocycles. The molecule has 0 aromatic heterocycles. The summed E-state index contributed by atoms with van der Waals surface area (Å²) < 4.78 is 5.21. The van der Waals surface area contributed by atoms with Crippen molar-refractivity contribution in [3.8, 4) is 11.5 Å². The van der Waals surface area contributed by atoms with Gasteiger partial charge in [-0.2, -0.15) is 0 Å². The van der Waals surface area contributed by atoms with Crippen LogP contribution < -0.4 is 10.1 Å². The van der Waals surface area contributed by atoms with Crippen LogP contribution in [0.25, 0.3) is 0 Å². The smallest absolute Gasteiger partial charge is 0.339 e. The second-order valence-electron chi connectivity index (χ2n) is 3.33. The number of aromatic hydroxyl groups is 1. The van der Waals surface area contributed by atoms with Gasteiger partial charge in [0.1, 0.15) is 23.7 Å². The maximum atomic E-state index is 10.8. The van der Waals surface area contributed by atoms with Gasteiger partial charge >= 0.3 is 5.97 Å². The van der Waals surface area contributed by atoms with E-state index < -0.39 is 5.97 Å². The van der Waals surface area contributed by atoms with E-state index in [1.165, 1.54) is 18.2 Å². The molecule has 1 rings (SSSR count). The summed E-state index contributed by atoms with van der Waals surface area (Å²) in [5.74, 6) is -1.56. The Hall–Kier alpha value is -2.50. The van der Waals surface area contributed by atoms with Crippen molar-refractivity contribution in [3.05, 3.63) is 36.4 Å². The van der Waals surface area contributed by atoms with Gasteiger partial charge in [-0.3, -0.25) is 4.79 Å². The topological polar surface area (TPSA) is 95.9 Å². The molecule has 96 valence electrons. The Labute approximate surface area is 104 Å². The van der Waals surface area contributed by atoms with Gasteiger partial charge in [0.05, 0.1) is 6.54 Å². The zero-order valence-corrected chi connectivity index (χ0v) is 9.55. The molecular formula is C12H13NO5. The lowest BCUT2D eigenvalue weighted by molar-refractivity contribution is -0.116. The van der Waals surface area contributed by atoms with Crippen molar-refractivity contribution < 1.29 is 24.5 Å². The van der Waals surface area contributed by atoms with Crippen molar-refractivity contribution in [3.63, 3.8) is 0 Å². The number of carbonyl (C=O) groups excluding carboxylic acids is 1. The number of carbonyl (C=O) groups is 2. The van der Waals surface area contributed by atoms with Gasteiger partial charge in [0.2, 0.25) is 5.91 Å². The summed E-state index contributed by atoms with van der Waals surface area (Å²) in [5.41, 5.74) is -0.192. The van der Waals surface area contributed by atoms with Crippen LogP contribution in [0.1, 0.15) is 10.4 Å². The van der Waals surface area contributed by atoms with E-state index in [1.54, 1.807) is 0 Å². The lowest BCUT2D eigenvalue weighted by atomic mass is 10.2. The molecule has 0 aliphatic rings. The van der Waals surface area contributed by atoms with Crippen molar-refractivity contribution in [1.29, 1.82) is 0 Å². The second kappa shape index (κ2) is 6.29. The van der Waals surface area contributed by atoms with Crippen molar-refractivity contribution >= 4 is 11.9 Å². The van der Waals surface area contributed by atoms with Crippen molar-refractivity contribution in [2.24, 2.45) is 0 Å². The maximum Gasteiger partial charge on any atom is 0.339 e. The van der Waals surface area contributed by atoms with Gasteiger partial charge in [0.25, 0.3) is 0 Å². The summed E-state index contributed by atoms with van der Waals surface area (Å²) in [6.45, 7) is 3.78. The Kier molecular flexibility index (Phi) is 4.74. The normalized spacial score (nSPS) is 9.56. The van der Waals surface area contributed by atoms with Crippen molar-refractivity contribution in [2.45, 2.75) is 0 Å². The van der Waals surface area contributed by atoms with Crippen LogP contribution in [0.5, 0.6) is 11.5 Å². The average Bonchev–Trinajstić information content (AvgIpc) is 2.34. The van der Waals surface area contributed by atoms with E-state index in [2.05, 4.69) is 11.9 Å². The third kappa shape index (κ3) is 3.82. The fourth-order valence-corrected chi connectivity index (χ4v) is 1.20. The zero-order chi connectivity index (χ0) is 13.5. The molecule has 18 heavy (non-hydrogen) atoms. The molecule has 0 radical (unpaired) electrons. The summed E-state index contributed by atoms with van der Waals surface area (Å²) in [7, 11) is 0. The molecule has 0 fully saturated rings. The summed E-state index contributed by atoms with van der Waals surface area (Å²) in [6, 6.07) is 3.88. The molecule has 0 spiro atoms. The monoisotopic (exact) mass is 251 g/mol.